The van der Waals surface area contributed by atoms with Crippen LogP contribution in [0.4, 0.5) is 5.69 Å². The SMILES string of the molecule is Cc1cc(NC(=O)c2cccs2)ccc1C#CCN. The van der Waals surface area contributed by atoms with Crippen LogP contribution in [0.3, 0.4) is 0 Å². The molecular formula is C15H14N2OS. The lowest BCUT2D eigenvalue weighted by Crippen LogP contribution is -2.10. The summed E-state index contributed by atoms with van der Waals surface area (Å²) in [5.74, 6) is 5.73. The number of amides is 1. The molecule has 0 atom stereocenters. The first-order chi connectivity index (χ1) is 9.20. The summed E-state index contributed by atoms with van der Waals surface area (Å²) in [6.07, 6.45) is 0. The highest BCUT2D eigenvalue weighted by Gasteiger charge is 2.07. The van der Waals surface area contributed by atoms with E-state index < -0.39 is 0 Å². The molecule has 2 rings (SSSR count). The third-order valence-electron chi connectivity index (χ3n) is 2.55. The fraction of sp³-hybridized carbons (Fsp3) is 0.133. The van der Waals surface area contributed by atoms with Crippen LogP contribution in [0.25, 0.3) is 0 Å². The fourth-order valence-corrected chi connectivity index (χ4v) is 2.25. The summed E-state index contributed by atoms with van der Waals surface area (Å²) < 4.78 is 0. The molecule has 1 heterocycles. The first-order valence-electron chi connectivity index (χ1n) is 5.85. The van der Waals surface area contributed by atoms with E-state index in [1.165, 1.54) is 11.3 Å². The second-order valence-electron chi connectivity index (χ2n) is 3.97. The van der Waals surface area contributed by atoms with Crippen LogP contribution in [-0.2, 0) is 0 Å². The van der Waals surface area contributed by atoms with Crippen molar-refractivity contribution >= 4 is 22.9 Å². The van der Waals surface area contributed by atoms with Gasteiger partial charge in [0.1, 0.15) is 0 Å². The van der Waals surface area contributed by atoms with E-state index in [4.69, 9.17) is 5.73 Å². The van der Waals surface area contributed by atoms with Gasteiger partial charge in [0.15, 0.2) is 0 Å². The van der Waals surface area contributed by atoms with Gasteiger partial charge in [-0.2, -0.15) is 0 Å². The van der Waals surface area contributed by atoms with Crippen molar-refractivity contribution in [2.75, 3.05) is 11.9 Å². The number of nitrogens with two attached hydrogens (primary N) is 1. The summed E-state index contributed by atoms with van der Waals surface area (Å²) in [6, 6.07) is 9.30. The van der Waals surface area contributed by atoms with Crippen LogP contribution >= 0.6 is 11.3 Å². The number of hydrogen-bond donors (Lipinski definition) is 2. The number of hydrogen-bond acceptors (Lipinski definition) is 3. The maximum absolute atomic E-state index is 11.9. The third-order valence-corrected chi connectivity index (χ3v) is 3.42. The van der Waals surface area contributed by atoms with E-state index in [0.717, 1.165) is 16.8 Å². The lowest BCUT2D eigenvalue weighted by atomic mass is 10.1. The van der Waals surface area contributed by atoms with Gasteiger partial charge in [-0.05, 0) is 42.1 Å². The van der Waals surface area contributed by atoms with Gasteiger partial charge >= 0.3 is 0 Å². The monoisotopic (exact) mass is 270 g/mol. The van der Waals surface area contributed by atoms with E-state index in [9.17, 15) is 4.79 Å². The van der Waals surface area contributed by atoms with Crippen LogP contribution in [0, 0.1) is 18.8 Å². The number of anilines is 1. The number of carbonyl (C=O) groups excluding carboxylic acids is 1. The zero-order valence-corrected chi connectivity index (χ0v) is 11.4. The summed E-state index contributed by atoms with van der Waals surface area (Å²) in [6.45, 7) is 2.30. The van der Waals surface area contributed by atoms with Gasteiger partial charge in [0.2, 0.25) is 0 Å². The molecule has 1 aromatic carbocycles. The van der Waals surface area contributed by atoms with Crippen molar-refractivity contribution < 1.29 is 4.79 Å². The largest absolute Gasteiger partial charge is 0.321 e. The van der Waals surface area contributed by atoms with Crippen LogP contribution in [0.5, 0.6) is 0 Å². The summed E-state index contributed by atoms with van der Waals surface area (Å²) in [5, 5.41) is 4.75. The summed E-state index contributed by atoms with van der Waals surface area (Å²) in [7, 11) is 0. The summed E-state index contributed by atoms with van der Waals surface area (Å²) >= 11 is 1.42. The molecule has 0 aliphatic heterocycles. The van der Waals surface area contributed by atoms with Crippen LogP contribution in [0.15, 0.2) is 35.7 Å². The highest BCUT2D eigenvalue weighted by Crippen LogP contribution is 2.17. The van der Waals surface area contributed by atoms with Crippen LogP contribution < -0.4 is 11.1 Å². The Morgan fingerprint density at radius 2 is 2.26 bits per heavy atom. The number of thiophene rings is 1. The highest BCUT2D eigenvalue weighted by atomic mass is 32.1. The molecule has 96 valence electrons. The van der Waals surface area contributed by atoms with Gasteiger partial charge in [0.05, 0.1) is 11.4 Å². The Labute approximate surface area is 116 Å². The molecule has 3 N–H and O–H groups in total. The molecule has 1 aromatic heterocycles. The lowest BCUT2D eigenvalue weighted by molar-refractivity contribution is 0.103. The molecular weight excluding hydrogens is 256 g/mol. The predicted octanol–water partition coefficient (Wildman–Crippen LogP) is 2.62. The van der Waals surface area contributed by atoms with Crippen LogP contribution in [0.2, 0.25) is 0 Å². The number of nitrogens with one attached hydrogen (secondary N) is 1. The molecule has 0 fully saturated rings. The maximum atomic E-state index is 11.9. The topological polar surface area (TPSA) is 55.1 Å². The number of rotatable bonds is 2. The molecule has 0 saturated carbocycles. The average Bonchev–Trinajstić information content (AvgIpc) is 2.92. The zero-order valence-electron chi connectivity index (χ0n) is 10.6. The zero-order chi connectivity index (χ0) is 13.7. The van der Waals surface area contributed by atoms with Crippen molar-refractivity contribution in [1.29, 1.82) is 0 Å². The molecule has 0 aliphatic carbocycles. The van der Waals surface area contributed by atoms with Gasteiger partial charge in [-0.25, -0.2) is 0 Å². The molecule has 0 aliphatic rings. The number of aryl methyl sites for hydroxylation is 1. The number of carbonyl (C=O) groups is 1. The van der Waals surface area contributed by atoms with Gasteiger partial charge in [-0.1, -0.05) is 17.9 Å². The smallest absolute Gasteiger partial charge is 0.265 e. The number of benzene rings is 1. The molecule has 2 aromatic rings. The first kappa shape index (κ1) is 13.3. The molecule has 1 amide bonds. The van der Waals surface area contributed by atoms with E-state index >= 15 is 0 Å². The Bertz CT molecular complexity index is 636. The molecule has 0 unspecified atom stereocenters. The molecule has 0 spiro atoms. The van der Waals surface area contributed by atoms with E-state index in [2.05, 4.69) is 17.2 Å². The van der Waals surface area contributed by atoms with Crippen molar-refractivity contribution in [3.05, 3.63) is 51.7 Å². The van der Waals surface area contributed by atoms with E-state index in [0.29, 0.717) is 11.4 Å². The Morgan fingerprint density at radius 3 is 2.89 bits per heavy atom. The standard InChI is InChI=1S/C15H14N2OS/c1-11-10-13(7-6-12(11)4-2-8-16)17-15(18)14-5-3-9-19-14/h3,5-7,9-10H,8,16H2,1H3,(H,17,18). The highest BCUT2D eigenvalue weighted by molar-refractivity contribution is 7.12. The van der Waals surface area contributed by atoms with Crippen molar-refractivity contribution in [1.82, 2.24) is 0 Å². The van der Waals surface area contributed by atoms with E-state index in [1.807, 2.05) is 36.6 Å². The summed E-state index contributed by atoms with van der Waals surface area (Å²) in [5.41, 5.74) is 8.07. The quantitative estimate of drug-likeness (QED) is 0.824. The molecule has 19 heavy (non-hydrogen) atoms. The first-order valence-corrected chi connectivity index (χ1v) is 6.73. The van der Waals surface area contributed by atoms with Crippen molar-refractivity contribution in [2.45, 2.75) is 6.92 Å². The molecule has 0 radical (unpaired) electrons. The Morgan fingerprint density at radius 1 is 1.42 bits per heavy atom. The predicted molar refractivity (Wildman–Crippen MR) is 79.4 cm³/mol. The third kappa shape index (κ3) is 3.44. The van der Waals surface area contributed by atoms with Gasteiger partial charge in [-0.3, -0.25) is 4.79 Å². The van der Waals surface area contributed by atoms with Gasteiger partial charge in [0.25, 0.3) is 5.91 Å². The van der Waals surface area contributed by atoms with Crippen LogP contribution in [0.1, 0.15) is 20.8 Å². The van der Waals surface area contributed by atoms with Gasteiger partial charge < -0.3 is 11.1 Å². The Balaban J connectivity index is 2.14. The van der Waals surface area contributed by atoms with Crippen LogP contribution in [-0.4, -0.2) is 12.5 Å². The second kappa shape index (κ2) is 6.19. The maximum Gasteiger partial charge on any atom is 0.265 e. The molecule has 4 heteroatoms. The Hall–Kier alpha value is -2.09. The average molecular weight is 270 g/mol. The normalized spacial score (nSPS) is 9.58. The second-order valence-corrected chi connectivity index (χ2v) is 4.91. The molecule has 0 saturated heterocycles. The van der Waals surface area contributed by atoms with E-state index in [-0.39, 0.29) is 5.91 Å². The van der Waals surface area contributed by atoms with E-state index in [1.54, 1.807) is 6.07 Å². The van der Waals surface area contributed by atoms with Crippen molar-refractivity contribution in [2.24, 2.45) is 5.73 Å². The van der Waals surface area contributed by atoms with Gasteiger partial charge in [0, 0.05) is 11.3 Å². The Kier molecular flexibility index (Phi) is 4.35. The fourth-order valence-electron chi connectivity index (χ4n) is 1.63. The minimum Gasteiger partial charge on any atom is -0.321 e. The molecule has 3 nitrogen and oxygen atoms in total. The lowest BCUT2D eigenvalue weighted by Gasteiger charge is -2.06. The minimum absolute atomic E-state index is 0.0878. The van der Waals surface area contributed by atoms with Gasteiger partial charge in [-0.15, -0.1) is 11.3 Å². The van der Waals surface area contributed by atoms with Crippen molar-refractivity contribution in [3.63, 3.8) is 0 Å². The van der Waals surface area contributed by atoms with Crippen molar-refractivity contribution in [3.8, 4) is 11.8 Å². The minimum atomic E-state index is -0.0878. The molecule has 0 bridgehead atoms. The summed E-state index contributed by atoms with van der Waals surface area (Å²) in [4.78, 5) is 12.6.